The molecule has 0 aromatic heterocycles. The molecule has 1 fully saturated rings. The molecule has 36 valence electrons. The number of hydroxylamine groups is 1. The molecule has 1 aliphatic heterocycles. The third-order valence-electron chi connectivity index (χ3n) is 0.583. The van der Waals surface area contributed by atoms with Crippen molar-refractivity contribution < 1.29 is 9.57 Å². The van der Waals surface area contributed by atoms with Gasteiger partial charge >= 0.3 is 0 Å². The standard InChI is InChI=1S/C3H7NO2/c1-5-4-3-2-6-3/h3-4H,2H2,1H3. The van der Waals surface area contributed by atoms with Gasteiger partial charge in [-0.3, -0.25) is 0 Å². The van der Waals surface area contributed by atoms with Crippen molar-refractivity contribution in [3.05, 3.63) is 0 Å². The molecule has 1 N–H and O–H groups in total. The van der Waals surface area contributed by atoms with Crippen LogP contribution >= 0.6 is 0 Å². The predicted molar refractivity (Wildman–Crippen MR) is 19.9 cm³/mol. The van der Waals surface area contributed by atoms with Gasteiger partial charge in [0.15, 0.2) is 6.23 Å². The molecular weight excluding hydrogens is 82.0 g/mol. The van der Waals surface area contributed by atoms with Gasteiger partial charge in [0, 0.05) is 0 Å². The van der Waals surface area contributed by atoms with Crippen LogP contribution in [0.1, 0.15) is 0 Å². The van der Waals surface area contributed by atoms with Crippen LogP contribution in [0.2, 0.25) is 0 Å². The van der Waals surface area contributed by atoms with Crippen molar-refractivity contribution in [2.45, 2.75) is 6.23 Å². The van der Waals surface area contributed by atoms with Gasteiger partial charge < -0.3 is 9.57 Å². The van der Waals surface area contributed by atoms with Gasteiger partial charge in [-0.25, -0.2) is 0 Å². The summed E-state index contributed by atoms with van der Waals surface area (Å²) < 4.78 is 4.71. The summed E-state index contributed by atoms with van der Waals surface area (Å²) in [6.45, 7) is 0.786. The van der Waals surface area contributed by atoms with E-state index in [1.807, 2.05) is 0 Å². The summed E-state index contributed by atoms with van der Waals surface area (Å²) in [6.07, 6.45) is 0.176. The van der Waals surface area contributed by atoms with Crippen LogP contribution < -0.4 is 5.48 Å². The second-order valence-electron chi connectivity index (χ2n) is 1.14. The molecule has 0 bridgehead atoms. The number of rotatable bonds is 2. The summed E-state index contributed by atoms with van der Waals surface area (Å²) in [5.74, 6) is 0. The highest BCUT2D eigenvalue weighted by Gasteiger charge is 2.20. The minimum absolute atomic E-state index is 0.176. The fourth-order valence-corrected chi connectivity index (χ4v) is 0.248. The van der Waals surface area contributed by atoms with Gasteiger partial charge in [-0.2, -0.15) is 5.48 Å². The Bertz CT molecular complexity index is 44.1. The van der Waals surface area contributed by atoms with E-state index in [1.165, 1.54) is 0 Å². The van der Waals surface area contributed by atoms with Gasteiger partial charge in [-0.15, -0.1) is 0 Å². The molecule has 1 rings (SSSR count). The molecule has 1 unspecified atom stereocenters. The minimum atomic E-state index is 0.176. The summed E-state index contributed by atoms with van der Waals surface area (Å²) in [5.41, 5.74) is 2.60. The van der Waals surface area contributed by atoms with Crippen LogP contribution in [0.25, 0.3) is 0 Å². The molecule has 1 heterocycles. The molecule has 0 radical (unpaired) electrons. The molecule has 3 heteroatoms. The van der Waals surface area contributed by atoms with Crippen molar-refractivity contribution in [2.75, 3.05) is 13.7 Å². The Morgan fingerprint density at radius 1 is 2.00 bits per heavy atom. The van der Waals surface area contributed by atoms with E-state index in [1.54, 1.807) is 7.11 Å². The number of hydrogen-bond acceptors (Lipinski definition) is 3. The van der Waals surface area contributed by atoms with Gasteiger partial charge in [0.1, 0.15) is 0 Å². The highest BCUT2D eigenvalue weighted by molar-refractivity contribution is 4.58. The van der Waals surface area contributed by atoms with Crippen molar-refractivity contribution in [2.24, 2.45) is 0 Å². The number of hydrogen-bond donors (Lipinski definition) is 1. The second-order valence-corrected chi connectivity index (χ2v) is 1.14. The Kier molecular flexibility index (Phi) is 1.05. The molecule has 0 aromatic rings. The molecule has 1 atom stereocenters. The summed E-state index contributed by atoms with van der Waals surface area (Å²) in [5, 5.41) is 0. The molecule has 0 amide bonds. The summed E-state index contributed by atoms with van der Waals surface area (Å²) in [4.78, 5) is 4.49. The lowest BCUT2D eigenvalue weighted by atomic mass is 10.8. The zero-order valence-corrected chi connectivity index (χ0v) is 3.60. The van der Waals surface area contributed by atoms with E-state index in [0.29, 0.717) is 0 Å². The average molecular weight is 89.1 g/mol. The predicted octanol–water partition coefficient (Wildman–Crippen LogP) is -0.506. The second kappa shape index (κ2) is 1.55. The Labute approximate surface area is 36.2 Å². The van der Waals surface area contributed by atoms with Crippen LogP contribution in [0.4, 0.5) is 0 Å². The lowest BCUT2D eigenvalue weighted by molar-refractivity contribution is 0.0590. The lowest BCUT2D eigenvalue weighted by Gasteiger charge is -1.88. The maximum Gasteiger partial charge on any atom is 0.153 e. The lowest BCUT2D eigenvalue weighted by Crippen LogP contribution is -2.14. The van der Waals surface area contributed by atoms with Gasteiger partial charge in [-0.1, -0.05) is 0 Å². The van der Waals surface area contributed by atoms with E-state index in [9.17, 15) is 0 Å². The molecule has 0 saturated carbocycles. The Balaban J connectivity index is 1.88. The van der Waals surface area contributed by atoms with E-state index in [-0.39, 0.29) is 6.23 Å². The first kappa shape index (κ1) is 4.05. The fraction of sp³-hybridized carbons (Fsp3) is 1.00. The monoisotopic (exact) mass is 89.0 g/mol. The Hall–Kier alpha value is -0.120. The summed E-state index contributed by atoms with van der Waals surface area (Å²) in [6, 6.07) is 0. The SMILES string of the molecule is CONC1CO1. The maximum atomic E-state index is 4.71. The van der Waals surface area contributed by atoms with Crippen LogP contribution in [0.5, 0.6) is 0 Å². The highest BCUT2D eigenvalue weighted by atomic mass is 16.7. The van der Waals surface area contributed by atoms with Crippen LogP contribution in [-0.4, -0.2) is 19.9 Å². The number of epoxide rings is 1. The Morgan fingerprint density at radius 3 is 2.83 bits per heavy atom. The van der Waals surface area contributed by atoms with Gasteiger partial charge in [0.25, 0.3) is 0 Å². The zero-order valence-electron chi connectivity index (χ0n) is 3.60. The van der Waals surface area contributed by atoms with Gasteiger partial charge in [0.05, 0.1) is 13.7 Å². The third kappa shape index (κ3) is 0.931. The first-order chi connectivity index (χ1) is 2.93. The molecule has 0 spiro atoms. The van der Waals surface area contributed by atoms with Crippen molar-refractivity contribution in [3.63, 3.8) is 0 Å². The van der Waals surface area contributed by atoms with Gasteiger partial charge in [-0.05, 0) is 0 Å². The summed E-state index contributed by atoms with van der Waals surface area (Å²) >= 11 is 0. The molecule has 0 aromatic carbocycles. The smallest absolute Gasteiger partial charge is 0.153 e. The molecular formula is C3H7NO2. The molecule has 0 aliphatic carbocycles. The van der Waals surface area contributed by atoms with Crippen molar-refractivity contribution >= 4 is 0 Å². The van der Waals surface area contributed by atoms with Crippen LogP contribution in [0, 0.1) is 0 Å². The van der Waals surface area contributed by atoms with Gasteiger partial charge in [0.2, 0.25) is 0 Å². The first-order valence-electron chi connectivity index (χ1n) is 1.83. The van der Waals surface area contributed by atoms with E-state index in [0.717, 1.165) is 6.61 Å². The maximum absolute atomic E-state index is 4.71. The topological polar surface area (TPSA) is 33.8 Å². The minimum Gasteiger partial charge on any atom is -0.355 e. The van der Waals surface area contributed by atoms with Crippen molar-refractivity contribution in [1.82, 2.24) is 5.48 Å². The Morgan fingerprint density at radius 2 is 2.67 bits per heavy atom. The zero-order chi connectivity index (χ0) is 4.41. The van der Waals surface area contributed by atoms with E-state index in [2.05, 4.69) is 10.3 Å². The average Bonchev–Trinajstić information content (AvgIpc) is 2.21. The van der Waals surface area contributed by atoms with Crippen LogP contribution in [0.3, 0.4) is 0 Å². The highest BCUT2D eigenvalue weighted by Crippen LogP contribution is 2.01. The largest absolute Gasteiger partial charge is 0.355 e. The number of nitrogens with one attached hydrogen (secondary N) is 1. The normalized spacial score (nSPS) is 30.5. The van der Waals surface area contributed by atoms with Crippen LogP contribution in [-0.2, 0) is 9.57 Å². The summed E-state index contributed by atoms with van der Waals surface area (Å²) in [7, 11) is 1.57. The van der Waals surface area contributed by atoms with Crippen molar-refractivity contribution in [1.29, 1.82) is 0 Å². The van der Waals surface area contributed by atoms with E-state index < -0.39 is 0 Å². The van der Waals surface area contributed by atoms with E-state index >= 15 is 0 Å². The molecule has 1 saturated heterocycles. The molecule has 6 heavy (non-hydrogen) atoms. The van der Waals surface area contributed by atoms with Crippen LogP contribution in [0.15, 0.2) is 0 Å². The third-order valence-corrected chi connectivity index (χ3v) is 0.583. The van der Waals surface area contributed by atoms with E-state index in [4.69, 9.17) is 4.74 Å². The first-order valence-corrected chi connectivity index (χ1v) is 1.83. The van der Waals surface area contributed by atoms with Crippen molar-refractivity contribution in [3.8, 4) is 0 Å². The molecule has 1 aliphatic rings. The fourth-order valence-electron chi connectivity index (χ4n) is 0.248. The molecule has 3 nitrogen and oxygen atoms in total. The quantitative estimate of drug-likeness (QED) is 0.365. The number of ether oxygens (including phenoxy) is 1.